The number of ether oxygens (including phenoxy) is 1. The third kappa shape index (κ3) is 6.50. The Morgan fingerprint density at radius 1 is 1.06 bits per heavy atom. The lowest BCUT2D eigenvalue weighted by molar-refractivity contribution is -0.152. The molecule has 0 bridgehead atoms. The number of hydrogen-bond donors (Lipinski definition) is 1. The number of carbonyl (C=O) groups excluding carboxylic acids is 4. The van der Waals surface area contributed by atoms with Crippen LogP contribution in [-0.2, 0) is 19.1 Å². The summed E-state index contributed by atoms with van der Waals surface area (Å²) in [5, 5.41) is 2.90. The number of Topliss-reactive ketones (excluding diaryl/α,β-unsaturated/α-hetero) is 1. The van der Waals surface area contributed by atoms with E-state index in [0.717, 1.165) is 15.4 Å². The van der Waals surface area contributed by atoms with E-state index in [1.807, 2.05) is 50.2 Å². The summed E-state index contributed by atoms with van der Waals surface area (Å²) >= 11 is 1.55. The fraction of sp³-hybridized carbons (Fsp3) is 0.417. The highest BCUT2D eigenvalue weighted by Crippen LogP contribution is 2.22. The molecule has 2 amide bonds. The molecule has 3 rings (SSSR count). The molecule has 0 saturated carbocycles. The maximum atomic E-state index is 12.4. The number of piperidine rings is 1. The summed E-state index contributed by atoms with van der Waals surface area (Å²) in [4.78, 5) is 52.6. The number of nitrogens with one attached hydrogen (secondary N) is 1. The van der Waals surface area contributed by atoms with Crippen molar-refractivity contribution in [1.82, 2.24) is 4.90 Å². The number of amides is 2. The second-order valence-electron chi connectivity index (χ2n) is 7.92. The molecule has 0 atom stereocenters. The number of likely N-dealkylation sites (tertiary alicyclic amines) is 1. The third-order valence-corrected chi connectivity index (χ3v) is 6.48. The highest BCUT2D eigenvalue weighted by Gasteiger charge is 2.28. The zero-order valence-electron chi connectivity index (χ0n) is 18.4. The molecule has 8 heteroatoms. The molecular weight excluding hydrogens is 428 g/mol. The molecule has 0 radical (unpaired) electrons. The number of rotatable bonds is 8. The van der Waals surface area contributed by atoms with E-state index < -0.39 is 5.97 Å². The number of para-hydroxylation sites is 1. The molecule has 32 heavy (non-hydrogen) atoms. The number of thiophene rings is 1. The smallest absolute Gasteiger partial charge is 0.306 e. The van der Waals surface area contributed by atoms with Gasteiger partial charge in [0, 0.05) is 46.4 Å². The maximum Gasteiger partial charge on any atom is 0.306 e. The van der Waals surface area contributed by atoms with Crippen molar-refractivity contribution < 1.29 is 23.9 Å². The minimum atomic E-state index is -0.562. The van der Waals surface area contributed by atoms with Crippen LogP contribution in [0.5, 0.6) is 0 Å². The second-order valence-corrected chi connectivity index (χ2v) is 9.38. The van der Waals surface area contributed by atoms with E-state index in [0.29, 0.717) is 31.5 Å². The van der Waals surface area contributed by atoms with Gasteiger partial charge in [0.1, 0.15) is 0 Å². The van der Waals surface area contributed by atoms with Crippen LogP contribution in [-0.4, -0.2) is 48.2 Å². The SMILES string of the molecule is Cc1cc(C(=O)CCC(=O)OCC(=O)N2CCC(C(=O)Nc3ccccc3)CC2)c(C)s1. The number of aryl methyl sites for hydroxylation is 2. The number of anilines is 1. The molecule has 0 unspecified atom stereocenters. The Balaban J connectivity index is 1.35. The summed E-state index contributed by atoms with van der Waals surface area (Å²) < 4.78 is 5.07. The molecule has 7 nitrogen and oxygen atoms in total. The minimum absolute atomic E-state index is 0.0459. The summed E-state index contributed by atoms with van der Waals surface area (Å²) in [6.07, 6.45) is 1.13. The van der Waals surface area contributed by atoms with Gasteiger partial charge >= 0.3 is 5.97 Å². The predicted molar refractivity (Wildman–Crippen MR) is 123 cm³/mol. The molecule has 2 heterocycles. The molecular formula is C24H28N2O5S. The van der Waals surface area contributed by atoms with Crippen LogP contribution in [0.15, 0.2) is 36.4 Å². The standard InChI is InChI=1S/C24H28N2O5S/c1-16-14-20(17(2)32-16)21(27)8-9-23(29)31-15-22(28)26-12-10-18(11-13-26)24(30)25-19-6-4-3-5-7-19/h3-7,14,18H,8-13,15H2,1-2H3,(H,25,30). The van der Waals surface area contributed by atoms with Crippen LogP contribution in [0, 0.1) is 19.8 Å². The summed E-state index contributed by atoms with van der Waals surface area (Å²) in [6, 6.07) is 11.1. The molecule has 1 saturated heterocycles. The highest BCUT2D eigenvalue weighted by molar-refractivity contribution is 7.12. The van der Waals surface area contributed by atoms with Crippen molar-refractivity contribution in [2.24, 2.45) is 5.92 Å². The lowest BCUT2D eigenvalue weighted by Crippen LogP contribution is -2.43. The predicted octanol–water partition coefficient (Wildman–Crippen LogP) is 3.75. The molecule has 1 aliphatic rings. The molecule has 0 spiro atoms. The van der Waals surface area contributed by atoms with Crippen molar-refractivity contribution in [2.75, 3.05) is 25.0 Å². The van der Waals surface area contributed by atoms with E-state index in [1.165, 1.54) is 0 Å². The van der Waals surface area contributed by atoms with E-state index in [9.17, 15) is 19.2 Å². The van der Waals surface area contributed by atoms with Gasteiger partial charge in [-0.3, -0.25) is 19.2 Å². The van der Waals surface area contributed by atoms with Gasteiger partial charge in [0.25, 0.3) is 5.91 Å². The molecule has 170 valence electrons. The van der Waals surface area contributed by atoms with Gasteiger partial charge in [-0.2, -0.15) is 0 Å². The average Bonchev–Trinajstić information content (AvgIpc) is 3.14. The number of carbonyl (C=O) groups is 4. The van der Waals surface area contributed by atoms with Crippen LogP contribution in [0.1, 0.15) is 45.8 Å². The molecule has 1 aromatic carbocycles. The van der Waals surface area contributed by atoms with Crippen LogP contribution in [0.25, 0.3) is 0 Å². The largest absolute Gasteiger partial charge is 0.456 e. The van der Waals surface area contributed by atoms with Crippen molar-refractivity contribution in [3.8, 4) is 0 Å². The van der Waals surface area contributed by atoms with Gasteiger partial charge in [-0.15, -0.1) is 11.3 Å². The topological polar surface area (TPSA) is 92.8 Å². The molecule has 1 aromatic heterocycles. The summed E-state index contributed by atoms with van der Waals surface area (Å²) in [7, 11) is 0. The Morgan fingerprint density at radius 3 is 2.38 bits per heavy atom. The lowest BCUT2D eigenvalue weighted by atomic mass is 9.95. The van der Waals surface area contributed by atoms with Crippen LogP contribution in [0.3, 0.4) is 0 Å². The van der Waals surface area contributed by atoms with Crippen molar-refractivity contribution in [3.63, 3.8) is 0 Å². The van der Waals surface area contributed by atoms with Crippen molar-refractivity contribution in [2.45, 2.75) is 39.5 Å². The number of ketones is 1. The van der Waals surface area contributed by atoms with Crippen LogP contribution in [0.2, 0.25) is 0 Å². The fourth-order valence-corrected chi connectivity index (χ4v) is 4.66. The third-order valence-electron chi connectivity index (χ3n) is 5.51. The molecule has 1 fully saturated rings. The lowest BCUT2D eigenvalue weighted by Gasteiger charge is -2.31. The number of esters is 1. The van der Waals surface area contributed by atoms with Crippen molar-refractivity contribution in [1.29, 1.82) is 0 Å². The number of benzene rings is 1. The van der Waals surface area contributed by atoms with Crippen LogP contribution in [0.4, 0.5) is 5.69 Å². The molecule has 1 aliphatic heterocycles. The van der Waals surface area contributed by atoms with E-state index in [2.05, 4.69) is 5.32 Å². The first kappa shape index (κ1) is 23.7. The Kier molecular flexibility index (Phi) is 8.16. The van der Waals surface area contributed by atoms with Crippen LogP contribution >= 0.6 is 11.3 Å². The number of nitrogens with zero attached hydrogens (tertiary/aromatic N) is 1. The van der Waals surface area contributed by atoms with E-state index >= 15 is 0 Å². The quantitative estimate of drug-likeness (QED) is 0.482. The zero-order valence-corrected chi connectivity index (χ0v) is 19.2. The first-order chi connectivity index (χ1) is 15.3. The van der Waals surface area contributed by atoms with Gasteiger partial charge in [0.15, 0.2) is 12.4 Å². The molecule has 2 aromatic rings. The average molecular weight is 457 g/mol. The summed E-state index contributed by atoms with van der Waals surface area (Å²) in [6.45, 7) is 4.37. The second kappa shape index (κ2) is 11.0. The molecule has 1 N–H and O–H groups in total. The first-order valence-electron chi connectivity index (χ1n) is 10.7. The van der Waals surface area contributed by atoms with E-state index in [-0.39, 0.29) is 43.0 Å². The van der Waals surface area contributed by atoms with Crippen LogP contribution < -0.4 is 5.32 Å². The van der Waals surface area contributed by atoms with E-state index in [1.54, 1.807) is 16.2 Å². The zero-order chi connectivity index (χ0) is 23.1. The summed E-state index contributed by atoms with van der Waals surface area (Å²) in [5.74, 6) is -1.14. The summed E-state index contributed by atoms with van der Waals surface area (Å²) in [5.41, 5.74) is 1.40. The number of hydrogen-bond acceptors (Lipinski definition) is 6. The van der Waals surface area contributed by atoms with Gasteiger partial charge in [0.2, 0.25) is 5.91 Å². The Morgan fingerprint density at radius 2 is 1.75 bits per heavy atom. The van der Waals surface area contributed by atoms with Gasteiger partial charge in [-0.05, 0) is 44.9 Å². The monoisotopic (exact) mass is 456 g/mol. The Bertz CT molecular complexity index is 978. The van der Waals surface area contributed by atoms with Crippen molar-refractivity contribution >= 4 is 40.6 Å². The Hall–Kier alpha value is -3.00. The maximum absolute atomic E-state index is 12.4. The van der Waals surface area contributed by atoms with Crippen molar-refractivity contribution in [3.05, 3.63) is 51.7 Å². The minimum Gasteiger partial charge on any atom is -0.456 e. The fourth-order valence-electron chi connectivity index (χ4n) is 3.72. The highest BCUT2D eigenvalue weighted by atomic mass is 32.1. The first-order valence-corrected chi connectivity index (χ1v) is 11.5. The van der Waals surface area contributed by atoms with E-state index in [4.69, 9.17) is 4.74 Å². The van der Waals surface area contributed by atoms with Gasteiger partial charge in [-0.1, -0.05) is 18.2 Å². The van der Waals surface area contributed by atoms with Gasteiger partial charge < -0.3 is 15.0 Å². The van der Waals surface area contributed by atoms with Gasteiger partial charge in [-0.25, -0.2) is 0 Å². The Labute approximate surface area is 191 Å². The normalized spacial score (nSPS) is 14.1. The van der Waals surface area contributed by atoms with Gasteiger partial charge in [0.05, 0.1) is 6.42 Å². The molecule has 0 aliphatic carbocycles.